The lowest BCUT2D eigenvalue weighted by Crippen LogP contribution is -2.48. The van der Waals surface area contributed by atoms with E-state index < -0.39 is 11.4 Å². The lowest BCUT2D eigenvalue weighted by atomic mass is 9.82. The number of rotatable bonds is 4. The van der Waals surface area contributed by atoms with Gasteiger partial charge in [0.2, 0.25) is 5.91 Å². The van der Waals surface area contributed by atoms with Crippen LogP contribution in [0.25, 0.3) is 0 Å². The topological polar surface area (TPSA) is 57.6 Å². The molecular weight excluding hydrogens is 310 g/mol. The standard InChI is InChI=1S/C15H18ClNO3S/c1-15(14(19)20)7-2-8-17(10-15)13(18)9-21-12-5-3-11(16)4-6-12/h3-6H,2,7-10H2,1H3,(H,19,20). The number of hydrogen-bond donors (Lipinski definition) is 1. The highest BCUT2D eigenvalue weighted by atomic mass is 35.5. The lowest BCUT2D eigenvalue weighted by molar-refractivity contribution is -0.153. The Bertz CT molecular complexity index is 534. The number of aliphatic carboxylic acids is 1. The van der Waals surface area contributed by atoms with E-state index in [1.165, 1.54) is 11.8 Å². The van der Waals surface area contributed by atoms with Crippen molar-refractivity contribution in [3.8, 4) is 0 Å². The van der Waals surface area contributed by atoms with E-state index in [2.05, 4.69) is 0 Å². The normalized spacial score (nSPS) is 22.1. The number of amides is 1. The molecule has 1 aliphatic rings. The molecule has 1 aliphatic heterocycles. The minimum absolute atomic E-state index is 0.0119. The van der Waals surface area contributed by atoms with Gasteiger partial charge in [0.05, 0.1) is 11.2 Å². The quantitative estimate of drug-likeness (QED) is 0.863. The highest BCUT2D eigenvalue weighted by molar-refractivity contribution is 8.00. The number of carbonyl (C=O) groups excluding carboxylic acids is 1. The minimum atomic E-state index is -0.828. The summed E-state index contributed by atoms with van der Waals surface area (Å²) in [5, 5.41) is 9.94. The summed E-state index contributed by atoms with van der Waals surface area (Å²) in [4.78, 5) is 26.2. The summed E-state index contributed by atoms with van der Waals surface area (Å²) in [5.74, 6) is -0.523. The maximum atomic E-state index is 12.2. The van der Waals surface area contributed by atoms with E-state index in [0.717, 1.165) is 11.3 Å². The molecule has 1 atom stereocenters. The third-order valence-electron chi connectivity index (χ3n) is 3.74. The van der Waals surface area contributed by atoms with E-state index in [4.69, 9.17) is 11.6 Å². The van der Waals surface area contributed by atoms with Gasteiger partial charge in [-0.3, -0.25) is 9.59 Å². The number of benzene rings is 1. The lowest BCUT2D eigenvalue weighted by Gasteiger charge is -2.37. The van der Waals surface area contributed by atoms with Gasteiger partial charge in [-0.25, -0.2) is 0 Å². The van der Waals surface area contributed by atoms with Gasteiger partial charge in [0.1, 0.15) is 0 Å². The predicted molar refractivity (Wildman–Crippen MR) is 83.7 cm³/mol. The van der Waals surface area contributed by atoms with Crippen molar-refractivity contribution in [1.82, 2.24) is 4.90 Å². The number of likely N-dealkylation sites (tertiary alicyclic amines) is 1. The molecule has 1 heterocycles. The molecule has 1 unspecified atom stereocenters. The highest BCUT2D eigenvalue weighted by Gasteiger charge is 2.39. The fourth-order valence-corrected chi connectivity index (χ4v) is 3.32. The number of carbonyl (C=O) groups is 2. The first-order valence-corrected chi connectivity index (χ1v) is 8.17. The van der Waals surface area contributed by atoms with Gasteiger partial charge in [-0.2, -0.15) is 0 Å². The zero-order valence-corrected chi connectivity index (χ0v) is 13.4. The molecule has 1 aromatic carbocycles. The summed E-state index contributed by atoms with van der Waals surface area (Å²) < 4.78 is 0. The average Bonchev–Trinajstić information content (AvgIpc) is 2.46. The molecule has 6 heteroatoms. The molecule has 1 fully saturated rings. The third-order valence-corrected chi connectivity index (χ3v) is 4.99. The monoisotopic (exact) mass is 327 g/mol. The molecule has 1 amide bonds. The summed E-state index contributed by atoms with van der Waals surface area (Å²) in [6.45, 7) is 2.65. The van der Waals surface area contributed by atoms with Crippen LogP contribution in [-0.4, -0.2) is 40.7 Å². The largest absolute Gasteiger partial charge is 0.481 e. The molecule has 4 nitrogen and oxygen atoms in total. The smallest absolute Gasteiger partial charge is 0.311 e. The van der Waals surface area contributed by atoms with Crippen LogP contribution in [0.3, 0.4) is 0 Å². The molecule has 0 aliphatic carbocycles. The van der Waals surface area contributed by atoms with Crippen LogP contribution in [0.15, 0.2) is 29.2 Å². The molecule has 2 rings (SSSR count). The van der Waals surface area contributed by atoms with Gasteiger partial charge in [-0.1, -0.05) is 11.6 Å². The van der Waals surface area contributed by atoms with Crippen molar-refractivity contribution in [3.05, 3.63) is 29.3 Å². The van der Waals surface area contributed by atoms with Gasteiger partial charge < -0.3 is 10.0 Å². The Labute approximate surface area is 133 Å². The van der Waals surface area contributed by atoms with Crippen LogP contribution in [0.2, 0.25) is 5.02 Å². The molecule has 1 aromatic rings. The van der Waals surface area contributed by atoms with Gasteiger partial charge >= 0.3 is 5.97 Å². The molecule has 1 N–H and O–H groups in total. The maximum Gasteiger partial charge on any atom is 0.311 e. The van der Waals surface area contributed by atoms with Crippen molar-refractivity contribution in [3.63, 3.8) is 0 Å². The van der Waals surface area contributed by atoms with Gasteiger partial charge in [-0.05, 0) is 44.0 Å². The Kier molecular flexibility index (Phi) is 5.17. The maximum absolute atomic E-state index is 12.2. The second kappa shape index (κ2) is 6.71. The van der Waals surface area contributed by atoms with E-state index in [-0.39, 0.29) is 5.91 Å². The zero-order valence-electron chi connectivity index (χ0n) is 11.8. The van der Waals surface area contributed by atoms with E-state index >= 15 is 0 Å². The van der Waals surface area contributed by atoms with Gasteiger partial charge in [0.25, 0.3) is 0 Å². The molecule has 1 saturated heterocycles. The molecule has 0 aromatic heterocycles. The van der Waals surface area contributed by atoms with Crippen molar-refractivity contribution >= 4 is 35.2 Å². The molecule has 114 valence electrons. The van der Waals surface area contributed by atoms with Crippen LogP contribution in [0, 0.1) is 5.41 Å². The first-order chi connectivity index (χ1) is 9.90. The molecular formula is C15H18ClNO3S. The van der Waals surface area contributed by atoms with Crippen LogP contribution in [0.1, 0.15) is 19.8 Å². The van der Waals surface area contributed by atoms with Gasteiger partial charge in [0, 0.05) is 23.0 Å². The Morgan fingerprint density at radius 1 is 1.38 bits per heavy atom. The number of thioether (sulfide) groups is 1. The molecule has 21 heavy (non-hydrogen) atoms. The van der Waals surface area contributed by atoms with Gasteiger partial charge in [0.15, 0.2) is 0 Å². The Morgan fingerprint density at radius 3 is 2.67 bits per heavy atom. The van der Waals surface area contributed by atoms with E-state index in [1.807, 2.05) is 12.1 Å². The fourth-order valence-electron chi connectivity index (χ4n) is 2.39. The second-order valence-electron chi connectivity index (χ2n) is 5.53. The van der Waals surface area contributed by atoms with E-state index in [1.54, 1.807) is 24.0 Å². The molecule has 0 radical (unpaired) electrons. The Balaban J connectivity index is 1.91. The van der Waals surface area contributed by atoms with E-state index in [0.29, 0.717) is 30.3 Å². The summed E-state index contributed by atoms with van der Waals surface area (Å²) in [6.07, 6.45) is 1.36. The number of carboxylic acids is 1. The van der Waals surface area contributed by atoms with Crippen LogP contribution in [0.4, 0.5) is 0 Å². The van der Waals surface area contributed by atoms with Gasteiger partial charge in [-0.15, -0.1) is 11.8 Å². The number of piperidine rings is 1. The number of halogens is 1. The van der Waals surface area contributed by atoms with Crippen molar-refractivity contribution in [2.75, 3.05) is 18.8 Å². The second-order valence-corrected chi connectivity index (χ2v) is 7.01. The van der Waals surface area contributed by atoms with Crippen molar-refractivity contribution in [2.24, 2.45) is 5.41 Å². The predicted octanol–water partition coefficient (Wildman–Crippen LogP) is 3.15. The summed E-state index contributed by atoms with van der Waals surface area (Å²) in [6, 6.07) is 7.32. The van der Waals surface area contributed by atoms with E-state index in [9.17, 15) is 14.7 Å². The minimum Gasteiger partial charge on any atom is -0.481 e. The van der Waals surface area contributed by atoms with Crippen LogP contribution >= 0.6 is 23.4 Å². The summed E-state index contributed by atoms with van der Waals surface area (Å²) >= 11 is 7.26. The highest BCUT2D eigenvalue weighted by Crippen LogP contribution is 2.30. The average molecular weight is 328 g/mol. The number of carboxylic acid groups (broad SMARTS) is 1. The SMILES string of the molecule is CC1(C(=O)O)CCCN(C(=O)CSc2ccc(Cl)cc2)C1. The summed E-state index contributed by atoms with van der Waals surface area (Å²) in [5.41, 5.74) is -0.821. The number of nitrogens with zero attached hydrogens (tertiary/aromatic N) is 1. The fraction of sp³-hybridized carbons (Fsp3) is 0.467. The van der Waals surface area contributed by atoms with Crippen molar-refractivity contribution < 1.29 is 14.7 Å². The number of hydrogen-bond acceptors (Lipinski definition) is 3. The van der Waals surface area contributed by atoms with Crippen LogP contribution in [0.5, 0.6) is 0 Å². The molecule has 0 bridgehead atoms. The summed E-state index contributed by atoms with van der Waals surface area (Å²) in [7, 11) is 0. The van der Waals surface area contributed by atoms with Crippen molar-refractivity contribution in [2.45, 2.75) is 24.7 Å². The van der Waals surface area contributed by atoms with Crippen LogP contribution in [-0.2, 0) is 9.59 Å². The first kappa shape index (κ1) is 16.2. The zero-order chi connectivity index (χ0) is 15.5. The van der Waals surface area contributed by atoms with Crippen LogP contribution < -0.4 is 0 Å². The molecule has 0 saturated carbocycles. The van der Waals surface area contributed by atoms with Crippen molar-refractivity contribution in [1.29, 1.82) is 0 Å². The Hall–Kier alpha value is -1.20. The Morgan fingerprint density at radius 2 is 2.05 bits per heavy atom. The molecule has 0 spiro atoms. The first-order valence-electron chi connectivity index (χ1n) is 6.80. The third kappa shape index (κ3) is 4.14.